The van der Waals surface area contributed by atoms with Crippen molar-refractivity contribution in [3.8, 4) is 11.6 Å². The molecule has 148 valence electrons. The Kier molecular flexibility index (Phi) is 6.94. The molecule has 3 rings (SSSR count). The number of para-hydroxylation sites is 1. The summed E-state index contributed by atoms with van der Waals surface area (Å²) in [4.78, 5) is 26.7. The maximum atomic E-state index is 12.4. The second kappa shape index (κ2) is 9.18. The van der Waals surface area contributed by atoms with Crippen molar-refractivity contribution < 1.29 is 19.4 Å². The number of amides is 2. The number of carbonyl (C=O) groups is 2. The fraction of sp³-hybridized carbons (Fsp3) is 0.167. The van der Waals surface area contributed by atoms with Gasteiger partial charge in [0, 0.05) is 30.9 Å². The first-order valence-electron chi connectivity index (χ1n) is 8.17. The third kappa shape index (κ3) is 4.58. The van der Waals surface area contributed by atoms with Gasteiger partial charge in [0.25, 0.3) is 0 Å². The van der Waals surface area contributed by atoms with Gasteiger partial charge in [0.05, 0.1) is 18.0 Å². The second-order valence-electron chi connectivity index (χ2n) is 5.78. The van der Waals surface area contributed by atoms with Crippen LogP contribution >= 0.6 is 12.4 Å². The maximum absolute atomic E-state index is 12.4. The van der Waals surface area contributed by atoms with Gasteiger partial charge in [0.15, 0.2) is 0 Å². The molecule has 0 saturated heterocycles. The van der Waals surface area contributed by atoms with Gasteiger partial charge >= 0.3 is 6.09 Å². The van der Waals surface area contributed by atoms with E-state index >= 15 is 0 Å². The van der Waals surface area contributed by atoms with Gasteiger partial charge in [0.1, 0.15) is 6.04 Å². The average molecular weight is 406 g/mol. The van der Waals surface area contributed by atoms with E-state index in [1.54, 1.807) is 13.0 Å². The van der Waals surface area contributed by atoms with Gasteiger partial charge in [-0.25, -0.2) is 9.48 Å². The number of aliphatic hydroxyl groups excluding tert-OH is 1. The zero-order chi connectivity index (χ0) is 19.4. The van der Waals surface area contributed by atoms with Crippen molar-refractivity contribution in [3.63, 3.8) is 0 Å². The lowest BCUT2D eigenvalue weighted by molar-refractivity contribution is -0.128. The standard InChI is InChI=1S/C18H19N5O4.ClH/c1-13-11-16(23(20-13)14-5-3-2-4-6-14)27-18(26)22-9-7-21(8-10-22)17(25)15(19)12-24;/h2-11,15,24H,12,19H2,1H3;1H/t15-;/m0./s1. The number of halogens is 1. The number of hydrogen-bond donors (Lipinski definition) is 2. The fourth-order valence-electron chi connectivity index (χ4n) is 2.37. The van der Waals surface area contributed by atoms with Crippen LogP contribution in [0.3, 0.4) is 0 Å². The third-order valence-corrected chi connectivity index (χ3v) is 3.75. The van der Waals surface area contributed by atoms with E-state index in [9.17, 15) is 9.59 Å². The molecule has 3 N–H and O–H groups in total. The van der Waals surface area contributed by atoms with Crippen molar-refractivity contribution in [1.82, 2.24) is 19.6 Å². The van der Waals surface area contributed by atoms with Crippen LogP contribution in [0.2, 0.25) is 0 Å². The van der Waals surface area contributed by atoms with Gasteiger partial charge in [-0.1, -0.05) is 18.2 Å². The number of nitrogens with zero attached hydrogens (tertiary/aromatic N) is 4. The van der Waals surface area contributed by atoms with Crippen molar-refractivity contribution >= 4 is 24.4 Å². The van der Waals surface area contributed by atoms with E-state index < -0.39 is 24.6 Å². The number of benzene rings is 1. The highest BCUT2D eigenvalue weighted by molar-refractivity contribution is 5.85. The molecule has 0 spiro atoms. The Morgan fingerprint density at radius 3 is 2.36 bits per heavy atom. The minimum atomic E-state index is -1.03. The number of aromatic nitrogens is 2. The average Bonchev–Trinajstić information content (AvgIpc) is 3.07. The van der Waals surface area contributed by atoms with Crippen molar-refractivity contribution in [2.45, 2.75) is 13.0 Å². The summed E-state index contributed by atoms with van der Waals surface area (Å²) in [5.41, 5.74) is 6.95. The van der Waals surface area contributed by atoms with Crippen LogP contribution in [-0.4, -0.2) is 49.3 Å². The molecule has 0 unspecified atom stereocenters. The lowest BCUT2D eigenvalue weighted by atomic mass is 10.3. The molecular formula is C18H20ClN5O4. The second-order valence-corrected chi connectivity index (χ2v) is 5.78. The van der Waals surface area contributed by atoms with E-state index in [1.807, 2.05) is 30.3 Å². The van der Waals surface area contributed by atoms with Crippen LogP contribution in [-0.2, 0) is 4.79 Å². The topological polar surface area (TPSA) is 114 Å². The quantitative estimate of drug-likeness (QED) is 0.796. The van der Waals surface area contributed by atoms with Crippen molar-refractivity contribution in [3.05, 3.63) is 66.9 Å². The normalized spacial score (nSPS) is 13.8. The lowest BCUT2D eigenvalue weighted by Gasteiger charge is -2.23. The van der Waals surface area contributed by atoms with E-state index in [-0.39, 0.29) is 18.3 Å². The van der Waals surface area contributed by atoms with Gasteiger partial charge in [0.2, 0.25) is 11.8 Å². The number of carbonyl (C=O) groups excluding carboxylic acids is 2. The molecule has 2 aromatic rings. The highest BCUT2D eigenvalue weighted by Gasteiger charge is 2.22. The van der Waals surface area contributed by atoms with Crippen LogP contribution in [0.25, 0.3) is 5.69 Å². The molecule has 1 aliphatic heterocycles. The molecule has 1 aromatic heterocycles. The number of rotatable bonds is 4. The lowest BCUT2D eigenvalue weighted by Crippen LogP contribution is -2.42. The Bertz CT molecular complexity index is 883. The highest BCUT2D eigenvalue weighted by Crippen LogP contribution is 2.20. The molecule has 2 heterocycles. The number of aliphatic hydroxyl groups is 1. The Hall–Kier alpha value is -3.14. The smallest absolute Gasteiger partial charge is 0.394 e. The molecule has 0 aliphatic carbocycles. The Morgan fingerprint density at radius 1 is 1.14 bits per heavy atom. The molecule has 28 heavy (non-hydrogen) atoms. The molecular weight excluding hydrogens is 386 g/mol. The molecule has 0 bridgehead atoms. The monoisotopic (exact) mass is 405 g/mol. The first kappa shape index (κ1) is 21.2. The summed E-state index contributed by atoms with van der Waals surface area (Å²) in [5, 5.41) is 13.3. The van der Waals surface area contributed by atoms with Gasteiger partial charge in [-0.3, -0.25) is 14.6 Å². The Balaban J connectivity index is 0.00000280. The third-order valence-electron chi connectivity index (χ3n) is 3.75. The van der Waals surface area contributed by atoms with Crippen LogP contribution in [0.15, 0.2) is 61.2 Å². The molecule has 1 aliphatic rings. The number of ether oxygens (including phenoxy) is 1. The van der Waals surface area contributed by atoms with E-state index in [2.05, 4.69) is 5.10 Å². The van der Waals surface area contributed by atoms with Crippen LogP contribution < -0.4 is 10.5 Å². The minimum absolute atomic E-state index is 0. The summed E-state index contributed by atoms with van der Waals surface area (Å²) in [5.74, 6) is -0.220. The van der Waals surface area contributed by atoms with Crippen LogP contribution in [0.5, 0.6) is 5.88 Å². The predicted molar refractivity (Wildman–Crippen MR) is 104 cm³/mol. The highest BCUT2D eigenvalue weighted by atomic mass is 35.5. The summed E-state index contributed by atoms with van der Waals surface area (Å²) in [6, 6.07) is 9.91. The van der Waals surface area contributed by atoms with Gasteiger partial charge < -0.3 is 15.6 Å². The summed E-state index contributed by atoms with van der Waals surface area (Å²) >= 11 is 0. The SMILES string of the molecule is Cc1cc(OC(=O)N2C=CN(C(=O)[C@@H](N)CO)C=C2)n(-c2ccccc2)n1.Cl. The zero-order valence-corrected chi connectivity index (χ0v) is 15.8. The largest absolute Gasteiger partial charge is 0.424 e. The first-order chi connectivity index (χ1) is 13.0. The summed E-state index contributed by atoms with van der Waals surface area (Å²) in [6.45, 7) is 1.33. The van der Waals surface area contributed by atoms with E-state index in [4.69, 9.17) is 15.6 Å². The van der Waals surface area contributed by atoms with Gasteiger partial charge in [-0.15, -0.1) is 12.4 Å². The molecule has 0 saturated carbocycles. The molecule has 0 fully saturated rings. The fourth-order valence-corrected chi connectivity index (χ4v) is 2.37. The first-order valence-corrected chi connectivity index (χ1v) is 8.17. The van der Waals surface area contributed by atoms with Gasteiger partial charge in [-0.2, -0.15) is 5.10 Å². The Labute approximate surface area is 167 Å². The number of hydrogen-bond acceptors (Lipinski definition) is 6. The molecule has 9 nitrogen and oxygen atoms in total. The van der Waals surface area contributed by atoms with Crippen LogP contribution in [0.1, 0.15) is 5.69 Å². The number of aryl methyl sites for hydroxylation is 1. The van der Waals surface area contributed by atoms with Crippen molar-refractivity contribution in [2.75, 3.05) is 6.61 Å². The van der Waals surface area contributed by atoms with E-state index in [1.165, 1.54) is 39.3 Å². The van der Waals surface area contributed by atoms with Crippen LogP contribution in [0.4, 0.5) is 4.79 Å². The van der Waals surface area contributed by atoms with E-state index in [0.717, 1.165) is 5.69 Å². The molecule has 2 amide bonds. The maximum Gasteiger partial charge on any atom is 0.424 e. The van der Waals surface area contributed by atoms with Gasteiger partial charge in [-0.05, 0) is 19.1 Å². The molecule has 1 atom stereocenters. The van der Waals surface area contributed by atoms with E-state index in [0.29, 0.717) is 5.69 Å². The summed E-state index contributed by atoms with van der Waals surface area (Å²) in [6.07, 6.45) is 4.77. The number of nitrogens with two attached hydrogens (primary N) is 1. The summed E-state index contributed by atoms with van der Waals surface area (Å²) < 4.78 is 6.97. The minimum Gasteiger partial charge on any atom is -0.394 e. The molecule has 0 radical (unpaired) electrons. The molecule has 10 heteroatoms. The molecule has 1 aromatic carbocycles. The summed E-state index contributed by atoms with van der Waals surface area (Å²) in [7, 11) is 0. The van der Waals surface area contributed by atoms with Crippen molar-refractivity contribution in [2.24, 2.45) is 5.73 Å². The zero-order valence-electron chi connectivity index (χ0n) is 15.0. The predicted octanol–water partition coefficient (Wildman–Crippen LogP) is 1.51. The van der Waals surface area contributed by atoms with Crippen LogP contribution in [0, 0.1) is 6.92 Å². The van der Waals surface area contributed by atoms with Crippen molar-refractivity contribution in [1.29, 1.82) is 0 Å². The Morgan fingerprint density at radius 2 is 1.75 bits per heavy atom.